The summed E-state index contributed by atoms with van der Waals surface area (Å²) in [5.74, 6) is 0.387. The van der Waals surface area contributed by atoms with Gasteiger partial charge in [-0.1, -0.05) is 24.3 Å². The fraction of sp³-hybridized carbons (Fsp3) is 0.0500. The van der Waals surface area contributed by atoms with Gasteiger partial charge >= 0.3 is 0 Å². The molecule has 6 heteroatoms. The number of carbonyl (C=O) groups is 1. The first-order valence-corrected chi connectivity index (χ1v) is 7.94. The first-order chi connectivity index (χ1) is 12.7. The highest BCUT2D eigenvalue weighted by molar-refractivity contribution is 5.83. The van der Waals surface area contributed by atoms with E-state index in [0.717, 1.165) is 0 Å². The Balaban J connectivity index is 1.74. The molecule has 2 aromatic heterocycles. The number of aromatic nitrogens is 2. The minimum absolute atomic E-state index is 0.108. The van der Waals surface area contributed by atoms with Gasteiger partial charge in [0, 0.05) is 11.1 Å². The lowest BCUT2D eigenvalue weighted by molar-refractivity contribution is 0.110. The molecular weight excluding hydrogens is 335 g/mol. The molecule has 5 nitrogen and oxygen atoms in total. The van der Waals surface area contributed by atoms with Crippen LogP contribution in [0.25, 0.3) is 22.2 Å². The van der Waals surface area contributed by atoms with E-state index in [1.165, 1.54) is 17.0 Å². The summed E-state index contributed by atoms with van der Waals surface area (Å²) in [6.07, 6.45) is 2.03. The van der Waals surface area contributed by atoms with Gasteiger partial charge in [-0.3, -0.25) is 14.2 Å². The first-order valence-electron chi connectivity index (χ1n) is 7.94. The molecule has 0 N–H and O–H groups in total. The lowest BCUT2D eigenvalue weighted by Crippen LogP contribution is -2.21. The zero-order valence-corrected chi connectivity index (χ0v) is 13.6. The number of fused-ring (bicyclic) bond motifs is 1. The van der Waals surface area contributed by atoms with Gasteiger partial charge < -0.3 is 4.42 Å². The zero-order chi connectivity index (χ0) is 18.1. The van der Waals surface area contributed by atoms with Gasteiger partial charge in [0.05, 0.1) is 23.8 Å². The third-order valence-corrected chi connectivity index (χ3v) is 4.15. The molecule has 0 amide bonds. The Bertz CT molecular complexity index is 1180. The van der Waals surface area contributed by atoms with Crippen molar-refractivity contribution in [3.63, 3.8) is 0 Å². The predicted octanol–water partition coefficient (Wildman–Crippen LogP) is 3.66. The second-order valence-electron chi connectivity index (χ2n) is 5.82. The fourth-order valence-electron chi connectivity index (χ4n) is 2.81. The van der Waals surface area contributed by atoms with Crippen LogP contribution in [0.15, 0.2) is 70.1 Å². The summed E-state index contributed by atoms with van der Waals surface area (Å²) in [6.45, 7) is 0.108. The van der Waals surface area contributed by atoms with Crippen LogP contribution in [-0.4, -0.2) is 15.8 Å². The molecule has 0 unspecified atom stereocenters. The van der Waals surface area contributed by atoms with Crippen LogP contribution in [-0.2, 0) is 6.54 Å². The largest absolute Gasteiger partial charge is 0.453 e. The van der Waals surface area contributed by atoms with Crippen molar-refractivity contribution in [2.75, 3.05) is 0 Å². The lowest BCUT2D eigenvalue weighted by Gasteiger charge is -2.08. The summed E-state index contributed by atoms with van der Waals surface area (Å²) >= 11 is 0. The quantitative estimate of drug-likeness (QED) is 0.528. The van der Waals surface area contributed by atoms with E-state index in [-0.39, 0.29) is 23.7 Å². The van der Waals surface area contributed by atoms with Crippen molar-refractivity contribution >= 4 is 17.2 Å². The molecule has 0 spiro atoms. The molecule has 4 aromatic rings. The van der Waals surface area contributed by atoms with E-state index >= 15 is 0 Å². The fourth-order valence-corrected chi connectivity index (χ4v) is 2.81. The highest BCUT2D eigenvalue weighted by Crippen LogP contribution is 2.24. The van der Waals surface area contributed by atoms with Crippen molar-refractivity contribution in [2.45, 2.75) is 6.54 Å². The van der Waals surface area contributed by atoms with Gasteiger partial charge in [0.2, 0.25) is 0 Å². The third-order valence-electron chi connectivity index (χ3n) is 4.15. The number of furan rings is 1. The molecular formula is C20H13FN2O3. The van der Waals surface area contributed by atoms with Crippen LogP contribution in [0.2, 0.25) is 0 Å². The Morgan fingerprint density at radius 1 is 1.12 bits per heavy atom. The van der Waals surface area contributed by atoms with E-state index in [9.17, 15) is 14.0 Å². The van der Waals surface area contributed by atoms with Crippen LogP contribution in [0.3, 0.4) is 0 Å². The standard InChI is InChI=1S/C20H13FN2O3/c21-17-4-2-1-3-14(17)10-23-12-22-18-9-13(5-7-16(18)20(23)25)19-8-6-15(11-24)26-19/h1-9,11-12H,10H2. The number of hydrogen-bond acceptors (Lipinski definition) is 4. The number of nitrogens with zero attached hydrogens (tertiary/aromatic N) is 2. The summed E-state index contributed by atoms with van der Waals surface area (Å²) in [5, 5.41) is 0.426. The van der Waals surface area contributed by atoms with E-state index in [4.69, 9.17) is 4.42 Å². The SMILES string of the molecule is O=Cc1ccc(-c2ccc3c(=O)n(Cc4ccccc4F)cnc3c2)o1. The van der Waals surface area contributed by atoms with E-state index in [1.807, 2.05) is 0 Å². The molecule has 0 bridgehead atoms. The van der Waals surface area contributed by atoms with E-state index in [1.54, 1.807) is 48.5 Å². The molecule has 0 saturated heterocycles. The van der Waals surface area contributed by atoms with E-state index < -0.39 is 0 Å². The molecule has 2 aromatic carbocycles. The van der Waals surface area contributed by atoms with Gasteiger partial charge in [-0.05, 0) is 30.3 Å². The minimum atomic E-state index is -0.362. The summed E-state index contributed by atoms with van der Waals surface area (Å²) in [4.78, 5) is 27.7. The van der Waals surface area contributed by atoms with Crippen molar-refractivity contribution in [1.82, 2.24) is 9.55 Å². The number of rotatable bonds is 4. The number of halogens is 1. The minimum Gasteiger partial charge on any atom is -0.453 e. The van der Waals surface area contributed by atoms with Crippen LogP contribution >= 0.6 is 0 Å². The van der Waals surface area contributed by atoms with Crippen LogP contribution in [0.5, 0.6) is 0 Å². The molecule has 2 heterocycles. The molecule has 0 aliphatic carbocycles. The Hall–Kier alpha value is -3.54. The first kappa shape index (κ1) is 16.0. The molecule has 0 aliphatic heterocycles. The maximum absolute atomic E-state index is 13.8. The van der Waals surface area contributed by atoms with Gasteiger partial charge in [-0.2, -0.15) is 0 Å². The molecule has 26 heavy (non-hydrogen) atoms. The highest BCUT2D eigenvalue weighted by atomic mass is 19.1. The number of benzene rings is 2. The third kappa shape index (κ3) is 2.82. The Labute approximate surface area is 147 Å². The molecule has 128 valence electrons. The summed E-state index contributed by atoms with van der Waals surface area (Å²) in [6, 6.07) is 14.7. The normalized spacial score (nSPS) is 11.0. The van der Waals surface area contributed by atoms with Gasteiger partial charge in [0.1, 0.15) is 11.6 Å². The Morgan fingerprint density at radius 3 is 2.73 bits per heavy atom. The molecule has 0 fully saturated rings. The molecule has 0 radical (unpaired) electrons. The number of carbonyl (C=O) groups excluding carboxylic acids is 1. The van der Waals surface area contributed by atoms with Crippen LogP contribution in [0.4, 0.5) is 4.39 Å². The molecule has 0 saturated carbocycles. The highest BCUT2D eigenvalue weighted by Gasteiger charge is 2.10. The second-order valence-corrected chi connectivity index (χ2v) is 5.82. The zero-order valence-electron chi connectivity index (χ0n) is 13.6. The molecule has 0 atom stereocenters. The summed E-state index contributed by atoms with van der Waals surface area (Å²) in [5.41, 5.74) is 1.38. The van der Waals surface area contributed by atoms with Crippen molar-refractivity contribution < 1.29 is 13.6 Å². The predicted molar refractivity (Wildman–Crippen MR) is 94.6 cm³/mol. The monoisotopic (exact) mass is 348 g/mol. The maximum atomic E-state index is 13.8. The van der Waals surface area contributed by atoms with Crippen LogP contribution < -0.4 is 5.56 Å². The van der Waals surface area contributed by atoms with Gasteiger partial charge in [0.15, 0.2) is 12.0 Å². The molecule has 4 rings (SSSR count). The van der Waals surface area contributed by atoms with Crippen LogP contribution in [0, 0.1) is 5.82 Å². The second kappa shape index (κ2) is 6.40. The smallest absolute Gasteiger partial charge is 0.261 e. The van der Waals surface area contributed by atoms with Crippen molar-refractivity contribution in [1.29, 1.82) is 0 Å². The number of hydrogen-bond donors (Lipinski definition) is 0. The topological polar surface area (TPSA) is 65.1 Å². The van der Waals surface area contributed by atoms with Crippen LogP contribution in [0.1, 0.15) is 16.1 Å². The lowest BCUT2D eigenvalue weighted by atomic mass is 10.1. The molecule has 0 aliphatic rings. The summed E-state index contributed by atoms with van der Waals surface area (Å²) < 4.78 is 20.6. The maximum Gasteiger partial charge on any atom is 0.261 e. The van der Waals surface area contributed by atoms with Crippen molar-refractivity contribution in [3.05, 3.63) is 88.4 Å². The van der Waals surface area contributed by atoms with Gasteiger partial charge in [0.25, 0.3) is 5.56 Å². The Morgan fingerprint density at radius 2 is 1.96 bits per heavy atom. The average Bonchev–Trinajstić information content (AvgIpc) is 3.15. The van der Waals surface area contributed by atoms with Gasteiger partial charge in [-0.15, -0.1) is 0 Å². The Kier molecular flexibility index (Phi) is 3.93. The average molecular weight is 348 g/mol. The van der Waals surface area contributed by atoms with Gasteiger partial charge in [-0.25, -0.2) is 9.37 Å². The number of aldehydes is 1. The van der Waals surface area contributed by atoms with Crippen molar-refractivity contribution in [2.24, 2.45) is 0 Å². The summed E-state index contributed by atoms with van der Waals surface area (Å²) in [7, 11) is 0. The van der Waals surface area contributed by atoms with E-state index in [2.05, 4.69) is 4.98 Å². The van der Waals surface area contributed by atoms with E-state index in [0.29, 0.717) is 34.1 Å². The van der Waals surface area contributed by atoms with Crippen molar-refractivity contribution in [3.8, 4) is 11.3 Å².